The van der Waals surface area contributed by atoms with Crippen LogP contribution < -0.4 is 5.01 Å². The van der Waals surface area contributed by atoms with Gasteiger partial charge in [-0.05, 0) is 29.8 Å². The molecule has 1 aliphatic rings. The van der Waals surface area contributed by atoms with E-state index in [9.17, 15) is 18.0 Å². The Kier molecular flexibility index (Phi) is 5.85. The molecule has 0 bridgehead atoms. The third kappa shape index (κ3) is 4.30. The molecule has 2 aromatic rings. The molecular weight excluding hydrogens is 447 g/mol. The van der Waals surface area contributed by atoms with Gasteiger partial charge in [-0.3, -0.25) is 4.79 Å². The number of carbonyl (C=O) groups excluding carboxylic acids is 1. The summed E-state index contributed by atoms with van der Waals surface area (Å²) < 4.78 is 40.1. The summed E-state index contributed by atoms with van der Waals surface area (Å²) in [5, 5.41) is 2.70. The Bertz CT molecular complexity index is 868. The third-order valence-corrected chi connectivity index (χ3v) is 5.06. The highest BCUT2D eigenvalue weighted by molar-refractivity contribution is 6.42. The minimum Gasteiger partial charge on any atom is -0.272 e. The van der Waals surface area contributed by atoms with Crippen molar-refractivity contribution in [3.8, 4) is 0 Å². The van der Waals surface area contributed by atoms with Crippen molar-refractivity contribution < 1.29 is 18.0 Å². The van der Waals surface area contributed by atoms with E-state index in [1.165, 1.54) is 17.1 Å². The molecule has 0 saturated carbocycles. The van der Waals surface area contributed by atoms with Crippen molar-refractivity contribution in [1.29, 1.82) is 0 Å². The van der Waals surface area contributed by atoms with E-state index in [-0.39, 0.29) is 27.3 Å². The van der Waals surface area contributed by atoms with E-state index in [0.29, 0.717) is 10.6 Å². The second kappa shape index (κ2) is 7.68. The number of hydrazine groups is 1. The summed E-state index contributed by atoms with van der Waals surface area (Å²) in [6.07, 6.45) is -4.70. The standard InChI is InChI=1S/C17H11Cl4F3N2O/c18-10-3-1-2-9(4-10)7-25-8-12(17(22,23)24)16(27)26(25)15-13(20)5-11(19)6-14(15)21/h1-6,12H,7-8H2. The molecule has 27 heavy (non-hydrogen) atoms. The van der Waals surface area contributed by atoms with E-state index in [1.807, 2.05) is 0 Å². The maximum atomic E-state index is 13.4. The maximum absolute atomic E-state index is 13.4. The van der Waals surface area contributed by atoms with E-state index >= 15 is 0 Å². The summed E-state index contributed by atoms with van der Waals surface area (Å²) in [5.74, 6) is -3.35. The van der Waals surface area contributed by atoms with E-state index in [4.69, 9.17) is 46.4 Å². The number of benzene rings is 2. The lowest BCUT2D eigenvalue weighted by atomic mass is 10.1. The first kappa shape index (κ1) is 20.6. The fraction of sp³-hybridized carbons (Fsp3) is 0.235. The summed E-state index contributed by atoms with van der Waals surface area (Å²) in [6.45, 7) is -0.557. The van der Waals surface area contributed by atoms with Crippen molar-refractivity contribution >= 4 is 58.0 Å². The third-order valence-electron chi connectivity index (χ3n) is 4.03. The number of rotatable bonds is 3. The zero-order valence-electron chi connectivity index (χ0n) is 13.4. The second-order valence-corrected chi connectivity index (χ2v) is 7.63. The van der Waals surface area contributed by atoms with Crippen molar-refractivity contribution in [3.63, 3.8) is 0 Å². The molecule has 3 nitrogen and oxygen atoms in total. The van der Waals surface area contributed by atoms with Gasteiger partial charge in [0.2, 0.25) is 0 Å². The minimum atomic E-state index is -4.70. The summed E-state index contributed by atoms with van der Waals surface area (Å²) in [4.78, 5) is 12.6. The number of carbonyl (C=O) groups is 1. The number of halogens is 7. The van der Waals surface area contributed by atoms with Crippen molar-refractivity contribution in [1.82, 2.24) is 5.01 Å². The zero-order valence-corrected chi connectivity index (χ0v) is 16.4. The molecule has 0 aromatic heterocycles. The Morgan fingerprint density at radius 2 is 1.63 bits per heavy atom. The van der Waals surface area contributed by atoms with Crippen LogP contribution in [0.2, 0.25) is 20.1 Å². The Morgan fingerprint density at radius 3 is 2.19 bits per heavy atom. The van der Waals surface area contributed by atoms with Crippen LogP contribution in [0.4, 0.5) is 18.9 Å². The highest BCUT2D eigenvalue weighted by Gasteiger charge is 2.54. The fourth-order valence-electron chi connectivity index (χ4n) is 2.87. The Labute approximate surface area is 173 Å². The van der Waals surface area contributed by atoms with Crippen LogP contribution in [-0.2, 0) is 11.3 Å². The normalized spacial score (nSPS) is 18.4. The van der Waals surface area contributed by atoms with Gasteiger partial charge in [0.25, 0.3) is 5.91 Å². The van der Waals surface area contributed by atoms with E-state index in [1.54, 1.807) is 24.3 Å². The van der Waals surface area contributed by atoms with Crippen LogP contribution in [0.3, 0.4) is 0 Å². The molecule has 1 amide bonds. The predicted molar refractivity (Wildman–Crippen MR) is 100 cm³/mol. The summed E-state index contributed by atoms with van der Waals surface area (Å²) >= 11 is 24.1. The van der Waals surface area contributed by atoms with Gasteiger partial charge in [-0.25, -0.2) is 10.0 Å². The number of hydrogen-bond donors (Lipinski definition) is 0. The quantitative estimate of drug-likeness (QED) is 0.544. The van der Waals surface area contributed by atoms with Gasteiger partial charge in [0.1, 0.15) is 5.92 Å². The van der Waals surface area contributed by atoms with E-state index < -0.39 is 24.5 Å². The van der Waals surface area contributed by atoms with Gasteiger partial charge in [0.05, 0.1) is 15.7 Å². The Morgan fingerprint density at radius 1 is 1.00 bits per heavy atom. The lowest BCUT2D eigenvalue weighted by Crippen LogP contribution is -2.39. The van der Waals surface area contributed by atoms with E-state index in [0.717, 1.165) is 5.01 Å². The SMILES string of the molecule is O=C1C(C(F)(F)F)CN(Cc2cccc(Cl)c2)N1c1c(Cl)cc(Cl)cc1Cl. The number of amides is 1. The molecule has 10 heteroatoms. The van der Waals surface area contributed by atoms with Gasteiger partial charge in [0, 0.05) is 23.1 Å². The van der Waals surface area contributed by atoms with Gasteiger partial charge in [-0.2, -0.15) is 13.2 Å². The van der Waals surface area contributed by atoms with Gasteiger partial charge < -0.3 is 0 Å². The van der Waals surface area contributed by atoms with Crippen LogP contribution >= 0.6 is 46.4 Å². The average Bonchev–Trinajstić information content (AvgIpc) is 2.84. The number of hydrogen-bond acceptors (Lipinski definition) is 2. The molecule has 0 aliphatic carbocycles. The Hall–Kier alpha value is -1.18. The number of anilines is 1. The van der Waals surface area contributed by atoms with Gasteiger partial charge in [0.15, 0.2) is 0 Å². The molecule has 0 spiro atoms. The van der Waals surface area contributed by atoms with Gasteiger partial charge in [-0.1, -0.05) is 58.5 Å². The van der Waals surface area contributed by atoms with E-state index in [2.05, 4.69) is 0 Å². The van der Waals surface area contributed by atoms with Gasteiger partial charge in [-0.15, -0.1) is 0 Å². The molecule has 1 fully saturated rings. The molecule has 1 saturated heterocycles. The first-order valence-corrected chi connectivity index (χ1v) is 9.13. The van der Waals surface area contributed by atoms with Crippen molar-refractivity contribution in [2.24, 2.45) is 5.92 Å². The van der Waals surface area contributed by atoms with Crippen LogP contribution in [0, 0.1) is 5.92 Å². The largest absolute Gasteiger partial charge is 0.401 e. The first-order chi connectivity index (χ1) is 12.6. The molecule has 1 atom stereocenters. The van der Waals surface area contributed by atoms with Crippen LogP contribution in [0.15, 0.2) is 36.4 Å². The fourth-order valence-corrected chi connectivity index (χ4v) is 4.06. The highest BCUT2D eigenvalue weighted by atomic mass is 35.5. The lowest BCUT2D eigenvalue weighted by Gasteiger charge is -2.29. The Balaban J connectivity index is 2.05. The summed E-state index contributed by atoms with van der Waals surface area (Å²) in [6, 6.07) is 9.25. The summed E-state index contributed by atoms with van der Waals surface area (Å²) in [7, 11) is 0. The molecule has 0 N–H and O–H groups in total. The monoisotopic (exact) mass is 456 g/mol. The number of alkyl halides is 3. The van der Waals surface area contributed by atoms with Crippen molar-refractivity contribution in [2.75, 3.05) is 11.6 Å². The van der Waals surface area contributed by atoms with Crippen LogP contribution in [0.25, 0.3) is 0 Å². The summed E-state index contributed by atoms with van der Waals surface area (Å²) in [5.41, 5.74) is 0.589. The predicted octanol–water partition coefficient (Wildman–Crippen LogP) is 6.24. The second-order valence-electron chi connectivity index (χ2n) is 5.94. The molecular formula is C17H11Cl4F3N2O. The van der Waals surface area contributed by atoms with Gasteiger partial charge >= 0.3 is 6.18 Å². The molecule has 1 aliphatic heterocycles. The smallest absolute Gasteiger partial charge is 0.272 e. The molecule has 3 rings (SSSR count). The van der Waals surface area contributed by atoms with Crippen molar-refractivity contribution in [2.45, 2.75) is 12.7 Å². The highest BCUT2D eigenvalue weighted by Crippen LogP contribution is 2.43. The topological polar surface area (TPSA) is 23.6 Å². The van der Waals surface area contributed by atoms with Crippen molar-refractivity contribution in [3.05, 3.63) is 62.1 Å². The lowest BCUT2D eigenvalue weighted by molar-refractivity contribution is -0.175. The zero-order chi connectivity index (χ0) is 19.9. The minimum absolute atomic E-state index is 0.00810. The van der Waals surface area contributed by atoms with Crippen LogP contribution in [0.5, 0.6) is 0 Å². The number of nitrogens with zero attached hydrogens (tertiary/aromatic N) is 2. The molecule has 144 valence electrons. The molecule has 1 unspecified atom stereocenters. The maximum Gasteiger partial charge on any atom is 0.401 e. The molecule has 1 heterocycles. The first-order valence-electron chi connectivity index (χ1n) is 7.62. The van der Waals surface area contributed by atoms with Crippen LogP contribution in [0.1, 0.15) is 5.56 Å². The average molecular weight is 458 g/mol. The molecule has 0 radical (unpaired) electrons. The molecule has 2 aromatic carbocycles. The van der Waals surface area contributed by atoms with Crippen LogP contribution in [-0.4, -0.2) is 23.6 Å².